The van der Waals surface area contributed by atoms with Gasteiger partial charge in [-0.1, -0.05) is 78.4 Å². The Morgan fingerprint density at radius 1 is 0.723 bits per heavy atom. The Hall–Kier alpha value is -6.00. The summed E-state index contributed by atoms with van der Waals surface area (Å²) in [6.45, 7) is 1.98. The zero-order valence-corrected chi connectivity index (χ0v) is 26.1. The quantitative estimate of drug-likeness (QED) is 0.0584. The van der Waals surface area contributed by atoms with Gasteiger partial charge in [0.1, 0.15) is 10.9 Å². The highest BCUT2D eigenvalue weighted by Crippen LogP contribution is 2.37. The molecule has 3 N–H and O–H groups in total. The molecule has 0 aliphatic carbocycles. The fourth-order valence-electron chi connectivity index (χ4n) is 4.57. The predicted molar refractivity (Wildman–Crippen MR) is 185 cm³/mol. The summed E-state index contributed by atoms with van der Waals surface area (Å²) in [5.74, 6) is -1.40. The molecule has 5 rings (SSSR count). The molecule has 47 heavy (non-hydrogen) atoms. The van der Waals surface area contributed by atoms with Crippen molar-refractivity contribution in [3.05, 3.63) is 172 Å². The molecule has 5 aromatic carbocycles. The molecule has 10 heteroatoms. The fourth-order valence-corrected chi connectivity index (χ4v) is 5.60. The monoisotopic (exact) mass is 642 g/mol. The lowest BCUT2D eigenvalue weighted by Gasteiger charge is -2.18. The van der Waals surface area contributed by atoms with Gasteiger partial charge in [0.25, 0.3) is 17.5 Å². The fraction of sp³-hybridized carbons (Fsp3) is 0.0541. The average Bonchev–Trinajstić information content (AvgIpc) is 3.09. The molecule has 0 saturated carbocycles. The van der Waals surface area contributed by atoms with E-state index >= 15 is 0 Å². The van der Waals surface area contributed by atoms with E-state index in [-0.39, 0.29) is 22.9 Å². The largest absolute Gasteiger partial charge is 0.325 e. The molecule has 0 saturated heterocycles. The lowest BCUT2D eigenvalue weighted by Crippen LogP contribution is -2.30. The number of nitro groups is 1. The highest BCUT2D eigenvalue weighted by atomic mass is 32.2. The highest BCUT2D eigenvalue weighted by Gasteiger charge is 2.23. The van der Waals surface area contributed by atoms with Crippen molar-refractivity contribution < 1.29 is 19.3 Å². The Bertz CT molecular complexity index is 1910. The van der Waals surface area contributed by atoms with Crippen LogP contribution < -0.4 is 16.0 Å². The van der Waals surface area contributed by atoms with Crippen molar-refractivity contribution in [1.29, 1.82) is 0 Å². The predicted octanol–water partition coefficient (Wildman–Crippen LogP) is 7.78. The molecule has 234 valence electrons. The summed E-state index contributed by atoms with van der Waals surface area (Å²) in [6.07, 6.45) is 1.27. The van der Waals surface area contributed by atoms with Gasteiger partial charge in [-0.2, -0.15) is 0 Å². The SMILES string of the molecule is Cc1ccc(NC(=O)C(Sc2ccc(NC(=O)/C(=C/c3ccccc3[N+](=O)[O-])NC(=O)c3ccccc3)cc2)c2ccccc2)cc1. The van der Waals surface area contributed by atoms with Gasteiger partial charge in [-0.3, -0.25) is 24.5 Å². The summed E-state index contributed by atoms with van der Waals surface area (Å²) in [5, 5.41) is 19.4. The van der Waals surface area contributed by atoms with Gasteiger partial charge in [-0.25, -0.2) is 0 Å². The van der Waals surface area contributed by atoms with Gasteiger partial charge >= 0.3 is 0 Å². The van der Waals surface area contributed by atoms with Crippen LogP contribution in [-0.4, -0.2) is 22.6 Å². The molecular weight excluding hydrogens is 612 g/mol. The second-order valence-corrected chi connectivity index (χ2v) is 11.6. The van der Waals surface area contributed by atoms with Crippen LogP contribution in [0.2, 0.25) is 0 Å². The molecule has 1 atom stereocenters. The van der Waals surface area contributed by atoms with E-state index in [9.17, 15) is 24.5 Å². The van der Waals surface area contributed by atoms with Crippen LogP contribution in [0.25, 0.3) is 6.08 Å². The van der Waals surface area contributed by atoms with Crippen molar-refractivity contribution in [2.24, 2.45) is 0 Å². The second-order valence-electron chi connectivity index (χ2n) is 10.4. The van der Waals surface area contributed by atoms with Gasteiger partial charge in [0.15, 0.2) is 0 Å². The number of nitro benzene ring substituents is 1. The number of carbonyl (C=O) groups is 3. The summed E-state index contributed by atoms with van der Waals surface area (Å²) < 4.78 is 0. The topological polar surface area (TPSA) is 130 Å². The molecule has 3 amide bonds. The zero-order chi connectivity index (χ0) is 33.2. The van der Waals surface area contributed by atoms with Crippen LogP contribution in [0.15, 0.2) is 144 Å². The molecule has 0 aliphatic rings. The van der Waals surface area contributed by atoms with Gasteiger partial charge in [-0.05, 0) is 73.2 Å². The summed E-state index contributed by atoms with van der Waals surface area (Å²) in [5.41, 5.74) is 3.11. The van der Waals surface area contributed by atoms with Gasteiger partial charge in [0, 0.05) is 27.9 Å². The minimum absolute atomic E-state index is 0.152. The van der Waals surface area contributed by atoms with Crippen LogP contribution in [-0.2, 0) is 9.59 Å². The van der Waals surface area contributed by atoms with E-state index in [0.717, 1.165) is 16.0 Å². The summed E-state index contributed by atoms with van der Waals surface area (Å²) in [7, 11) is 0. The molecule has 0 spiro atoms. The Kier molecular flexibility index (Phi) is 10.6. The van der Waals surface area contributed by atoms with Gasteiger partial charge in [-0.15, -0.1) is 11.8 Å². The maximum Gasteiger partial charge on any atom is 0.276 e. The molecule has 0 heterocycles. The smallest absolute Gasteiger partial charge is 0.276 e. The first kappa shape index (κ1) is 32.4. The number of nitrogens with one attached hydrogen (secondary N) is 3. The molecule has 0 aliphatic heterocycles. The molecule has 0 fully saturated rings. The van der Waals surface area contributed by atoms with E-state index in [1.807, 2.05) is 61.5 Å². The molecular formula is C37H30N4O5S. The highest BCUT2D eigenvalue weighted by molar-refractivity contribution is 8.00. The van der Waals surface area contributed by atoms with E-state index in [4.69, 9.17) is 0 Å². The maximum atomic E-state index is 13.5. The van der Waals surface area contributed by atoms with E-state index in [1.165, 1.54) is 36.0 Å². The van der Waals surface area contributed by atoms with Crippen LogP contribution >= 0.6 is 11.8 Å². The number of aryl methyl sites for hydroxylation is 1. The molecule has 5 aromatic rings. The first-order chi connectivity index (χ1) is 22.8. The summed E-state index contributed by atoms with van der Waals surface area (Å²) in [4.78, 5) is 51.7. The second kappa shape index (κ2) is 15.3. The number of benzene rings is 5. The van der Waals surface area contributed by atoms with Crippen molar-refractivity contribution in [3.8, 4) is 0 Å². The molecule has 9 nitrogen and oxygen atoms in total. The van der Waals surface area contributed by atoms with E-state index < -0.39 is 22.0 Å². The first-order valence-electron chi connectivity index (χ1n) is 14.6. The molecule has 0 radical (unpaired) electrons. The van der Waals surface area contributed by atoms with E-state index in [2.05, 4.69) is 16.0 Å². The van der Waals surface area contributed by atoms with E-state index in [1.54, 1.807) is 60.7 Å². The van der Waals surface area contributed by atoms with Gasteiger partial charge in [0.2, 0.25) is 5.91 Å². The average molecular weight is 643 g/mol. The molecule has 0 aromatic heterocycles. The minimum atomic E-state index is -0.674. The van der Waals surface area contributed by atoms with Crippen LogP contribution in [0.3, 0.4) is 0 Å². The van der Waals surface area contributed by atoms with Crippen LogP contribution in [0.4, 0.5) is 17.1 Å². The lowest BCUT2D eigenvalue weighted by atomic mass is 10.1. The van der Waals surface area contributed by atoms with Crippen LogP contribution in [0.1, 0.15) is 32.3 Å². The van der Waals surface area contributed by atoms with Crippen molar-refractivity contribution in [2.75, 3.05) is 10.6 Å². The third-order valence-electron chi connectivity index (χ3n) is 6.99. The normalized spacial score (nSPS) is 11.6. The number of anilines is 2. The Morgan fingerprint density at radius 3 is 1.96 bits per heavy atom. The Morgan fingerprint density at radius 2 is 1.30 bits per heavy atom. The third-order valence-corrected chi connectivity index (χ3v) is 8.25. The number of amides is 3. The van der Waals surface area contributed by atoms with Crippen molar-refractivity contribution in [2.45, 2.75) is 17.1 Å². The Labute approximate surface area is 275 Å². The van der Waals surface area contributed by atoms with Crippen LogP contribution in [0.5, 0.6) is 0 Å². The Balaban J connectivity index is 1.35. The van der Waals surface area contributed by atoms with Gasteiger partial charge in [0.05, 0.1) is 10.5 Å². The number of nitrogens with zero attached hydrogens (tertiary/aromatic N) is 1. The summed E-state index contributed by atoms with van der Waals surface area (Å²) in [6, 6.07) is 38.2. The number of hydrogen-bond acceptors (Lipinski definition) is 6. The van der Waals surface area contributed by atoms with Crippen molar-refractivity contribution >= 4 is 52.6 Å². The maximum absolute atomic E-state index is 13.5. The molecule has 1 unspecified atom stereocenters. The zero-order valence-electron chi connectivity index (χ0n) is 25.3. The van der Waals surface area contributed by atoms with Crippen molar-refractivity contribution in [3.63, 3.8) is 0 Å². The number of carbonyl (C=O) groups excluding carboxylic acids is 3. The third kappa shape index (κ3) is 8.80. The number of thioether (sulfide) groups is 1. The first-order valence-corrected chi connectivity index (χ1v) is 15.5. The lowest BCUT2D eigenvalue weighted by molar-refractivity contribution is -0.385. The van der Waals surface area contributed by atoms with E-state index in [0.29, 0.717) is 16.9 Å². The van der Waals surface area contributed by atoms with Crippen LogP contribution in [0, 0.1) is 17.0 Å². The van der Waals surface area contributed by atoms with Crippen molar-refractivity contribution in [1.82, 2.24) is 5.32 Å². The number of para-hydroxylation sites is 1. The minimum Gasteiger partial charge on any atom is -0.325 e. The number of rotatable bonds is 11. The van der Waals surface area contributed by atoms with Gasteiger partial charge < -0.3 is 16.0 Å². The number of hydrogen-bond donors (Lipinski definition) is 3. The molecule has 0 bridgehead atoms. The summed E-state index contributed by atoms with van der Waals surface area (Å²) >= 11 is 1.36. The standard InChI is InChI=1S/C37H30N4O5S/c1-25-16-18-29(19-17-25)39-37(44)34(26-10-4-2-5-11-26)47-31-22-20-30(21-23-31)38-36(43)32(40-35(42)27-12-6-3-7-13-27)24-28-14-8-9-15-33(28)41(45)46/h2-24,34H,1H3,(H,38,43)(H,39,44)(H,40,42)/b32-24-.